The van der Waals surface area contributed by atoms with E-state index >= 15 is 0 Å². The molecule has 1 fully saturated rings. The molecular formula is C13H20N2OS. The maximum Gasteiger partial charge on any atom is 0.0594 e. The summed E-state index contributed by atoms with van der Waals surface area (Å²) in [6.07, 6.45) is 2.11. The molecule has 0 spiro atoms. The van der Waals surface area contributed by atoms with E-state index in [2.05, 4.69) is 40.7 Å². The molecule has 0 bridgehead atoms. The van der Waals surface area contributed by atoms with Crippen molar-refractivity contribution in [3.8, 4) is 0 Å². The Morgan fingerprint density at radius 3 is 2.82 bits per heavy atom. The summed E-state index contributed by atoms with van der Waals surface area (Å²) in [6.45, 7) is 5.96. The minimum Gasteiger partial charge on any atom is -0.383 e. The first-order valence-electron chi connectivity index (χ1n) is 6.07. The smallest absolute Gasteiger partial charge is 0.0594 e. The van der Waals surface area contributed by atoms with Gasteiger partial charge in [0.2, 0.25) is 0 Å². The molecule has 0 atom stereocenters. The Labute approximate surface area is 108 Å². The van der Waals surface area contributed by atoms with Crippen LogP contribution >= 0.6 is 11.8 Å². The molecular weight excluding hydrogens is 232 g/mol. The van der Waals surface area contributed by atoms with Crippen LogP contribution in [0.15, 0.2) is 29.2 Å². The van der Waals surface area contributed by atoms with Crippen molar-refractivity contribution >= 4 is 17.4 Å². The lowest BCUT2D eigenvalue weighted by Crippen LogP contribution is -2.39. The normalized spacial score (nSPS) is 17.0. The van der Waals surface area contributed by atoms with Gasteiger partial charge in [-0.2, -0.15) is 0 Å². The van der Waals surface area contributed by atoms with E-state index in [-0.39, 0.29) is 0 Å². The van der Waals surface area contributed by atoms with Gasteiger partial charge in [-0.15, -0.1) is 11.8 Å². The molecule has 1 aromatic rings. The van der Waals surface area contributed by atoms with Crippen molar-refractivity contribution in [2.45, 2.75) is 4.90 Å². The average molecular weight is 252 g/mol. The second kappa shape index (κ2) is 6.89. The average Bonchev–Trinajstić information content (AvgIpc) is 2.40. The zero-order valence-corrected chi connectivity index (χ0v) is 11.1. The number of para-hydroxylation sites is 1. The maximum absolute atomic E-state index is 5.34. The molecule has 1 aliphatic rings. The fraction of sp³-hybridized carbons (Fsp3) is 0.538. The zero-order valence-electron chi connectivity index (χ0n) is 10.3. The highest BCUT2D eigenvalue weighted by atomic mass is 32.2. The Hall–Kier alpha value is -0.710. The molecule has 4 heteroatoms. The molecule has 17 heavy (non-hydrogen) atoms. The predicted molar refractivity (Wildman–Crippen MR) is 74.0 cm³/mol. The fourth-order valence-corrected chi connectivity index (χ4v) is 2.54. The molecule has 1 heterocycles. The van der Waals surface area contributed by atoms with E-state index in [9.17, 15) is 0 Å². The van der Waals surface area contributed by atoms with E-state index in [4.69, 9.17) is 4.74 Å². The molecule has 1 N–H and O–H groups in total. The highest BCUT2D eigenvalue weighted by Gasteiger charge is 2.09. The summed E-state index contributed by atoms with van der Waals surface area (Å²) in [6, 6.07) is 8.46. The third-order valence-electron chi connectivity index (χ3n) is 2.95. The third kappa shape index (κ3) is 3.91. The lowest BCUT2D eigenvalue weighted by atomic mass is 10.3. The molecule has 0 aromatic heterocycles. The second-order valence-corrected chi connectivity index (χ2v) is 4.93. The van der Waals surface area contributed by atoms with Crippen LogP contribution in [0.5, 0.6) is 0 Å². The maximum atomic E-state index is 5.34. The fourth-order valence-electron chi connectivity index (χ4n) is 1.96. The first-order chi connectivity index (χ1) is 8.40. The Kier molecular flexibility index (Phi) is 5.16. The SMILES string of the molecule is CSc1ccccc1NCCN1CCOCC1. The van der Waals surface area contributed by atoms with E-state index in [0.717, 1.165) is 39.4 Å². The molecule has 0 aliphatic carbocycles. The van der Waals surface area contributed by atoms with Crippen LogP contribution in [0.1, 0.15) is 0 Å². The molecule has 1 aliphatic heterocycles. The van der Waals surface area contributed by atoms with Crippen LogP contribution < -0.4 is 5.32 Å². The van der Waals surface area contributed by atoms with Gasteiger partial charge in [0, 0.05) is 36.8 Å². The molecule has 0 saturated carbocycles. The number of rotatable bonds is 5. The molecule has 2 rings (SSSR count). The number of hydrogen-bond donors (Lipinski definition) is 1. The van der Waals surface area contributed by atoms with Crippen LogP contribution in [0.2, 0.25) is 0 Å². The van der Waals surface area contributed by atoms with Crippen molar-refractivity contribution in [1.82, 2.24) is 4.90 Å². The zero-order chi connectivity index (χ0) is 11.9. The molecule has 1 saturated heterocycles. The van der Waals surface area contributed by atoms with Gasteiger partial charge in [-0.25, -0.2) is 0 Å². The van der Waals surface area contributed by atoms with Crippen LogP contribution in [0.3, 0.4) is 0 Å². The third-order valence-corrected chi connectivity index (χ3v) is 3.75. The van der Waals surface area contributed by atoms with Crippen molar-refractivity contribution in [3.63, 3.8) is 0 Å². The molecule has 0 unspecified atom stereocenters. The number of nitrogens with one attached hydrogen (secondary N) is 1. The highest BCUT2D eigenvalue weighted by molar-refractivity contribution is 7.98. The van der Waals surface area contributed by atoms with Gasteiger partial charge in [0.1, 0.15) is 0 Å². The lowest BCUT2D eigenvalue weighted by Gasteiger charge is -2.26. The quantitative estimate of drug-likeness (QED) is 0.812. The van der Waals surface area contributed by atoms with E-state index < -0.39 is 0 Å². The number of hydrogen-bond acceptors (Lipinski definition) is 4. The van der Waals surface area contributed by atoms with Gasteiger partial charge in [-0.1, -0.05) is 12.1 Å². The first kappa shape index (κ1) is 12.7. The minimum atomic E-state index is 0.876. The van der Waals surface area contributed by atoms with Crippen LogP contribution in [-0.2, 0) is 4.74 Å². The van der Waals surface area contributed by atoms with Crippen LogP contribution in [-0.4, -0.2) is 50.5 Å². The van der Waals surface area contributed by atoms with Crippen LogP contribution in [0.4, 0.5) is 5.69 Å². The van der Waals surface area contributed by atoms with Crippen molar-refractivity contribution in [2.24, 2.45) is 0 Å². The molecule has 94 valence electrons. The van der Waals surface area contributed by atoms with E-state index in [0.29, 0.717) is 0 Å². The standard InChI is InChI=1S/C13H20N2OS/c1-17-13-5-3-2-4-12(13)14-6-7-15-8-10-16-11-9-15/h2-5,14H,6-11H2,1H3. The van der Waals surface area contributed by atoms with Crippen molar-refractivity contribution in [2.75, 3.05) is 51.0 Å². The lowest BCUT2D eigenvalue weighted by molar-refractivity contribution is 0.0398. The Bertz CT molecular complexity index is 340. The van der Waals surface area contributed by atoms with Gasteiger partial charge >= 0.3 is 0 Å². The summed E-state index contributed by atoms with van der Waals surface area (Å²) in [5, 5.41) is 3.51. The van der Waals surface area contributed by atoms with Crippen LogP contribution in [0.25, 0.3) is 0 Å². The minimum absolute atomic E-state index is 0.876. The van der Waals surface area contributed by atoms with Gasteiger partial charge < -0.3 is 10.1 Å². The first-order valence-corrected chi connectivity index (χ1v) is 7.29. The van der Waals surface area contributed by atoms with E-state index in [1.807, 2.05) is 0 Å². The van der Waals surface area contributed by atoms with E-state index in [1.54, 1.807) is 11.8 Å². The predicted octanol–water partition coefficient (Wildman–Crippen LogP) is 2.15. The number of thioether (sulfide) groups is 1. The number of nitrogens with zero attached hydrogens (tertiary/aromatic N) is 1. The number of anilines is 1. The summed E-state index contributed by atoms with van der Waals surface area (Å²) in [7, 11) is 0. The number of morpholine rings is 1. The van der Waals surface area contributed by atoms with Crippen LogP contribution in [0, 0.1) is 0 Å². The van der Waals surface area contributed by atoms with Crippen molar-refractivity contribution in [1.29, 1.82) is 0 Å². The Balaban J connectivity index is 1.77. The van der Waals surface area contributed by atoms with Gasteiger partial charge in [-0.3, -0.25) is 4.90 Å². The molecule has 0 radical (unpaired) electrons. The largest absolute Gasteiger partial charge is 0.383 e. The summed E-state index contributed by atoms with van der Waals surface area (Å²) < 4.78 is 5.34. The Morgan fingerprint density at radius 1 is 1.29 bits per heavy atom. The Morgan fingerprint density at radius 2 is 2.06 bits per heavy atom. The van der Waals surface area contributed by atoms with Gasteiger partial charge in [-0.05, 0) is 18.4 Å². The van der Waals surface area contributed by atoms with Gasteiger partial charge in [0.05, 0.1) is 13.2 Å². The second-order valence-electron chi connectivity index (χ2n) is 4.08. The molecule has 0 amide bonds. The monoisotopic (exact) mass is 252 g/mol. The van der Waals surface area contributed by atoms with Crippen molar-refractivity contribution in [3.05, 3.63) is 24.3 Å². The summed E-state index contributed by atoms with van der Waals surface area (Å²) in [4.78, 5) is 3.76. The summed E-state index contributed by atoms with van der Waals surface area (Å²) in [5.74, 6) is 0. The summed E-state index contributed by atoms with van der Waals surface area (Å²) >= 11 is 1.79. The van der Waals surface area contributed by atoms with Gasteiger partial charge in [0.15, 0.2) is 0 Å². The highest BCUT2D eigenvalue weighted by Crippen LogP contribution is 2.24. The molecule has 1 aromatic carbocycles. The van der Waals surface area contributed by atoms with Crippen molar-refractivity contribution < 1.29 is 4.74 Å². The number of ether oxygens (including phenoxy) is 1. The summed E-state index contributed by atoms with van der Waals surface area (Å²) in [5.41, 5.74) is 1.24. The number of benzene rings is 1. The van der Waals surface area contributed by atoms with Gasteiger partial charge in [0.25, 0.3) is 0 Å². The van der Waals surface area contributed by atoms with E-state index in [1.165, 1.54) is 10.6 Å². The topological polar surface area (TPSA) is 24.5 Å². The molecule has 3 nitrogen and oxygen atoms in total.